The predicted molar refractivity (Wildman–Crippen MR) is 130 cm³/mol. The van der Waals surface area contributed by atoms with E-state index in [0.717, 1.165) is 11.3 Å². The first kappa shape index (κ1) is 30.4. The van der Waals surface area contributed by atoms with Gasteiger partial charge in [0.05, 0.1) is 0 Å². The van der Waals surface area contributed by atoms with E-state index in [2.05, 4.69) is 37.6 Å². The van der Waals surface area contributed by atoms with E-state index in [1.54, 1.807) is 24.3 Å². The Morgan fingerprint density at radius 2 is 1.23 bits per heavy atom. The van der Waals surface area contributed by atoms with Gasteiger partial charge in [-0.3, -0.25) is 4.91 Å². The van der Waals surface area contributed by atoms with Crippen molar-refractivity contribution in [2.24, 2.45) is 5.11 Å². The van der Waals surface area contributed by atoms with Crippen molar-refractivity contribution in [3.8, 4) is 0 Å². The van der Waals surface area contributed by atoms with E-state index in [4.69, 9.17) is 27.7 Å². The van der Waals surface area contributed by atoms with Crippen molar-refractivity contribution in [3.05, 3.63) is 119 Å². The molecule has 0 unspecified atom stereocenters. The number of diazo groups is 1. The van der Waals surface area contributed by atoms with Gasteiger partial charge in [-0.25, -0.2) is 0 Å². The number of nitrogens with two attached hydrogens (primary N) is 1. The van der Waals surface area contributed by atoms with E-state index >= 15 is 0 Å². The molecule has 0 bridgehead atoms. The molecule has 0 saturated carbocycles. The Hall–Kier alpha value is -2.77. The van der Waals surface area contributed by atoms with Gasteiger partial charge in [0.1, 0.15) is 0 Å². The minimum Gasteiger partial charge on any atom is -0.399 e. The molecule has 0 radical (unpaired) electrons. The zero-order valence-corrected chi connectivity index (χ0v) is 21.6. The molecule has 0 amide bonds. The molecule has 0 fully saturated rings. The second-order valence-electron chi connectivity index (χ2n) is 5.60. The summed E-state index contributed by atoms with van der Waals surface area (Å²) in [5, 5.41) is 11.7. The number of benzene rings is 3. The van der Waals surface area contributed by atoms with Crippen LogP contribution in [-0.4, -0.2) is 0 Å². The molecule has 0 aromatic heterocycles. The van der Waals surface area contributed by atoms with Crippen LogP contribution in [0.5, 0.6) is 0 Å². The van der Waals surface area contributed by atoms with E-state index in [1.165, 1.54) is 14.0 Å². The summed E-state index contributed by atoms with van der Waals surface area (Å²) in [6.07, 6.45) is 0. The van der Waals surface area contributed by atoms with Gasteiger partial charge >= 0.3 is 35.2 Å². The third-order valence-corrected chi connectivity index (χ3v) is 3.93. The monoisotopic (exact) mass is 536 g/mol. The van der Waals surface area contributed by atoms with Gasteiger partial charge in [-0.1, -0.05) is 52.6 Å². The molecule has 152 valence electrons. The summed E-state index contributed by atoms with van der Waals surface area (Å²) in [6, 6.07) is 22.4. The average molecular weight is 536 g/mol. The molecule has 0 saturated heterocycles. The molecule has 3 rings (SSSR count). The number of nitrogens with zero attached hydrogens (tertiary/aromatic N) is 8. The molecule has 0 aliphatic rings. The van der Waals surface area contributed by atoms with E-state index < -0.39 is 0 Å². The van der Waals surface area contributed by atoms with Gasteiger partial charge in [0, 0.05) is 32.0 Å². The van der Waals surface area contributed by atoms with Crippen LogP contribution in [0.15, 0.2) is 77.9 Å². The molecular weight excluding hydrogens is 516 g/mol. The molecule has 11 heteroatoms. The number of aryl methyl sites for hydroxylation is 2. The first-order valence-corrected chi connectivity index (χ1v) is 9.47. The first-order chi connectivity index (χ1) is 14.4. The van der Waals surface area contributed by atoms with Gasteiger partial charge in [-0.15, -0.1) is 0 Å². The molecule has 3 aromatic carbocycles. The molecule has 31 heavy (non-hydrogen) atoms. The molecule has 0 aliphatic carbocycles. The van der Waals surface area contributed by atoms with Crippen LogP contribution in [0.1, 0.15) is 11.1 Å². The van der Waals surface area contributed by atoms with Crippen LogP contribution in [0.4, 0.5) is 17.1 Å². The Morgan fingerprint density at radius 1 is 0.806 bits per heavy atom. The van der Waals surface area contributed by atoms with Crippen molar-refractivity contribution >= 4 is 39.7 Å². The minimum atomic E-state index is 0. The number of nitrogen functional groups attached to an aromatic ring is 1. The number of azide groups is 1. The second-order valence-corrected chi connectivity index (χ2v) is 6.85. The first-order valence-electron chi connectivity index (χ1n) is 8.39. The third-order valence-electron chi connectivity index (χ3n) is 3.21. The molecule has 3 aromatic rings. The summed E-state index contributed by atoms with van der Waals surface area (Å²) in [6.45, 7) is 3.97. The number of rotatable bonds is 1. The second kappa shape index (κ2) is 19.2. The van der Waals surface area contributed by atoms with Crippen LogP contribution >= 0.6 is 22.6 Å². The number of hydrogen-bond donors (Lipinski definition) is 1. The van der Waals surface area contributed by atoms with Crippen molar-refractivity contribution in [2.45, 2.75) is 13.8 Å². The molecule has 2 N–H and O–H groups in total. The summed E-state index contributed by atoms with van der Waals surface area (Å²) in [5.41, 5.74) is 31.4. The van der Waals surface area contributed by atoms with E-state index in [1.807, 2.05) is 62.4 Å². The van der Waals surface area contributed by atoms with E-state index in [9.17, 15) is 0 Å². The van der Waals surface area contributed by atoms with Gasteiger partial charge in [0.2, 0.25) is 5.39 Å². The van der Waals surface area contributed by atoms with Gasteiger partial charge in [-0.2, -0.15) is 0 Å². The Morgan fingerprint density at radius 3 is 1.58 bits per heavy atom. The fraction of sp³-hybridized carbons (Fsp3) is 0.100. The van der Waals surface area contributed by atoms with Crippen LogP contribution in [0, 0.1) is 22.8 Å². The Kier molecular flexibility index (Phi) is 18.9. The SMILES string of the molecule is Cc1ccc(N=[N+]=[N-])cc1.Cc1ccc([N+]#N)cc1.Nc1ccc(I)cc1.[N-]=[N+]=[N-].[Na+]. The van der Waals surface area contributed by atoms with Crippen LogP contribution in [-0.2, 0) is 0 Å². The molecule has 0 atom stereocenters. The van der Waals surface area contributed by atoms with Gasteiger partial charge < -0.3 is 16.8 Å². The van der Waals surface area contributed by atoms with Crippen LogP contribution in [0.2, 0.25) is 0 Å². The molecule has 0 aliphatic heterocycles. The fourth-order valence-corrected chi connectivity index (χ4v) is 2.10. The van der Waals surface area contributed by atoms with Gasteiger partial charge in [0.25, 0.3) is 0 Å². The standard InChI is InChI=1S/C7H7N3.C7H7N2.C6H6IN.N3.Na/c1-6-2-4-7(5-3-6)9-10-8;1-6-2-4-7(9-8)5-3-6;7-5-1-3-6(8)4-2-5;1-3-2;/h2-5H,1H3;2-5H,1H3;1-4H,8H2;;/q;+1;;-1;+1. The molecule has 0 heterocycles. The minimum absolute atomic E-state index is 0. The Balaban J connectivity index is 0. The summed E-state index contributed by atoms with van der Waals surface area (Å²) in [7, 11) is 0. The maximum atomic E-state index is 8.25. The van der Waals surface area contributed by atoms with Crippen molar-refractivity contribution in [3.63, 3.8) is 0 Å². The third kappa shape index (κ3) is 16.7. The van der Waals surface area contributed by atoms with Crippen LogP contribution in [0.3, 0.4) is 0 Å². The molecule has 0 spiro atoms. The predicted octanol–water partition coefficient (Wildman–Crippen LogP) is 5.16. The quantitative estimate of drug-likeness (QED) is 0.0866. The van der Waals surface area contributed by atoms with Crippen molar-refractivity contribution < 1.29 is 29.6 Å². The van der Waals surface area contributed by atoms with Crippen molar-refractivity contribution in [1.29, 1.82) is 5.39 Å². The van der Waals surface area contributed by atoms with Crippen molar-refractivity contribution in [2.75, 3.05) is 5.73 Å². The summed E-state index contributed by atoms with van der Waals surface area (Å²) < 4.78 is 1.22. The largest absolute Gasteiger partial charge is 1.00 e. The molecule has 9 nitrogen and oxygen atoms in total. The zero-order chi connectivity index (χ0) is 22.8. The molecular formula is C20H20IN9Na+. The fourth-order valence-electron chi connectivity index (χ4n) is 1.74. The van der Waals surface area contributed by atoms with Crippen LogP contribution < -0.4 is 35.3 Å². The maximum absolute atomic E-state index is 8.25. The Bertz CT molecular complexity index is 982. The van der Waals surface area contributed by atoms with Gasteiger partial charge in [-0.05, 0) is 66.2 Å². The summed E-state index contributed by atoms with van der Waals surface area (Å²) >= 11 is 2.24. The smallest absolute Gasteiger partial charge is 0.399 e. The average Bonchev–Trinajstić information content (AvgIpc) is 2.74. The number of halogens is 1. The maximum Gasteiger partial charge on any atom is 1.00 e. The van der Waals surface area contributed by atoms with E-state index in [0.29, 0.717) is 11.4 Å². The summed E-state index contributed by atoms with van der Waals surface area (Å²) in [4.78, 5) is 7.17. The van der Waals surface area contributed by atoms with Crippen LogP contribution in [0.25, 0.3) is 31.4 Å². The number of hydrogen-bond acceptors (Lipinski definition) is 3. The number of anilines is 1. The van der Waals surface area contributed by atoms with E-state index in [-0.39, 0.29) is 29.6 Å². The summed E-state index contributed by atoms with van der Waals surface area (Å²) in [5.74, 6) is 0. The van der Waals surface area contributed by atoms with Crippen molar-refractivity contribution in [1.82, 2.24) is 0 Å². The normalized spacial score (nSPS) is 7.81. The van der Waals surface area contributed by atoms with Gasteiger partial charge in [0.15, 0.2) is 4.98 Å². The Labute approximate surface area is 216 Å². The zero-order valence-electron chi connectivity index (χ0n) is 17.5. The topological polar surface area (TPSA) is 162 Å².